The highest BCUT2D eigenvalue weighted by atomic mass is 32.2. The van der Waals surface area contributed by atoms with Crippen LogP contribution in [0.25, 0.3) is 0 Å². The molecule has 0 aliphatic carbocycles. The largest absolute Gasteiger partial charge is 0.341 e. The zero-order valence-corrected chi connectivity index (χ0v) is 11.3. The van der Waals surface area contributed by atoms with Crippen molar-refractivity contribution in [1.29, 1.82) is 0 Å². The van der Waals surface area contributed by atoms with Crippen LogP contribution < -0.4 is 11.3 Å². The molecule has 0 heterocycles. The molecule has 0 radical (unpaired) electrons. The van der Waals surface area contributed by atoms with Gasteiger partial charge in [-0.05, 0) is 25.3 Å². The monoisotopic (exact) mass is 253 g/mol. The van der Waals surface area contributed by atoms with Crippen LogP contribution in [0.1, 0.15) is 15.9 Å². The van der Waals surface area contributed by atoms with Crippen LogP contribution in [-0.2, 0) is 0 Å². The van der Waals surface area contributed by atoms with E-state index in [0.29, 0.717) is 11.3 Å². The van der Waals surface area contributed by atoms with Gasteiger partial charge in [0.2, 0.25) is 0 Å². The van der Waals surface area contributed by atoms with E-state index in [4.69, 9.17) is 5.84 Å². The second-order valence-corrected chi connectivity index (χ2v) is 4.90. The Morgan fingerprint density at radius 1 is 1.53 bits per heavy atom. The standard InChI is InChI=1S/C12H19N3OS/c1-9-4-5-11(14-13)10(8-9)12(16)15(2)6-7-17-3/h4-5,8,14H,6-7,13H2,1-3H3. The van der Waals surface area contributed by atoms with E-state index < -0.39 is 0 Å². The van der Waals surface area contributed by atoms with Gasteiger partial charge in [-0.15, -0.1) is 0 Å². The molecule has 0 aromatic heterocycles. The van der Waals surface area contributed by atoms with Crippen LogP contribution in [0.2, 0.25) is 0 Å². The van der Waals surface area contributed by atoms with Gasteiger partial charge in [0, 0.05) is 19.3 Å². The number of aryl methyl sites for hydroxylation is 1. The van der Waals surface area contributed by atoms with E-state index in [1.54, 1.807) is 23.7 Å². The maximum atomic E-state index is 12.2. The Labute approximate surface area is 107 Å². The summed E-state index contributed by atoms with van der Waals surface area (Å²) >= 11 is 1.72. The lowest BCUT2D eigenvalue weighted by Crippen LogP contribution is -2.30. The minimum Gasteiger partial charge on any atom is -0.341 e. The SMILES string of the molecule is CSCCN(C)C(=O)c1cc(C)ccc1NN. The molecule has 1 aromatic carbocycles. The number of nitrogen functional groups attached to an aromatic ring is 1. The minimum atomic E-state index is -0.00398. The summed E-state index contributed by atoms with van der Waals surface area (Å²) in [6.07, 6.45) is 2.03. The van der Waals surface area contributed by atoms with Gasteiger partial charge in [0.15, 0.2) is 0 Å². The average Bonchev–Trinajstić information content (AvgIpc) is 2.34. The number of amides is 1. The third-order valence-corrected chi connectivity index (χ3v) is 3.13. The van der Waals surface area contributed by atoms with Gasteiger partial charge < -0.3 is 10.3 Å². The summed E-state index contributed by atoms with van der Waals surface area (Å²) in [5, 5.41) is 0. The van der Waals surface area contributed by atoms with Gasteiger partial charge in [0.05, 0.1) is 11.3 Å². The number of rotatable bonds is 5. The van der Waals surface area contributed by atoms with E-state index in [-0.39, 0.29) is 5.91 Å². The smallest absolute Gasteiger partial charge is 0.255 e. The molecule has 94 valence electrons. The number of benzene rings is 1. The van der Waals surface area contributed by atoms with Crippen LogP contribution >= 0.6 is 11.8 Å². The second kappa shape index (κ2) is 6.51. The van der Waals surface area contributed by atoms with Gasteiger partial charge in [-0.3, -0.25) is 10.6 Å². The van der Waals surface area contributed by atoms with Crippen molar-refractivity contribution in [2.75, 3.05) is 31.0 Å². The van der Waals surface area contributed by atoms with Crippen molar-refractivity contribution < 1.29 is 4.79 Å². The average molecular weight is 253 g/mol. The predicted octanol–water partition coefficient (Wildman–Crippen LogP) is 1.72. The van der Waals surface area contributed by atoms with E-state index >= 15 is 0 Å². The van der Waals surface area contributed by atoms with Gasteiger partial charge in [-0.2, -0.15) is 11.8 Å². The zero-order valence-electron chi connectivity index (χ0n) is 10.5. The van der Waals surface area contributed by atoms with E-state index in [1.807, 2.05) is 31.4 Å². The number of anilines is 1. The van der Waals surface area contributed by atoms with Crippen LogP contribution in [0.3, 0.4) is 0 Å². The molecule has 0 aliphatic rings. The number of nitrogens with two attached hydrogens (primary N) is 1. The summed E-state index contributed by atoms with van der Waals surface area (Å²) in [7, 11) is 1.81. The van der Waals surface area contributed by atoms with E-state index in [9.17, 15) is 4.79 Å². The van der Waals surface area contributed by atoms with E-state index in [0.717, 1.165) is 17.9 Å². The minimum absolute atomic E-state index is 0.00398. The fourth-order valence-electron chi connectivity index (χ4n) is 1.50. The number of hydrazine groups is 1. The van der Waals surface area contributed by atoms with Gasteiger partial charge in [-0.25, -0.2) is 0 Å². The molecule has 5 heteroatoms. The Hall–Kier alpha value is -1.20. The molecular formula is C12H19N3OS. The summed E-state index contributed by atoms with van der Waals surface area (Å²) in [6.45, 7) is 2.69. The van der Waals surface area contributed by atoms with Crippen molar-refractivity contribution in [3.8, 4) is 0 Å². The molecule has 0 fully saturated rings. The van der Waals surface area contributed by atoms with Crippen molar-refractivity contribution in [3.63, 3.8) is 0 Å². The first kappa shape index (κ1) is 13.9. The quantitative estimate of drug-likeness (QED) is 0.619. The lowest BCUT2D eigenvalue weighted by Gasteiger charge is -2.18. The van der Waals surface area contributed by atoms with Crippen molar-refractivity contribution in [1.82, 2.24) is 4.90 Å². The zero-order chi connectivity index (χ0) is 12.8. The third kappa shape index (κ3) is 3.64. The topological polar surface area (TPSA) is 58.4 Å². The van der Waals surface area contributed by atoms with E-state index in [1.165, 1.54) is 0 Å². The van der Waals surface area contributed by atoms with Crippen molar-refractivity contribution in [2.45, 2.75) is 6.92 Å². The Morgan fingerprint density at radius 3 is 2.82 bits per heavy atom. The molecule has 0 unspecified atom stereocenters. The first-order valence-electron chi connectivity index (χ1n) is 5.41. The van der Waals surface area contributed by atoms with Gasteiger partial charge in [0.1, 0.15) is 0 Å². The summed E-state index contributed by atoms with van der Waals surface area (Å²) in [6, 6.07) is 5.60. The second-order valence-electron chi connectivity index (χ2n) is 3.91. The summed E-state index contributed by atoms with van der Waals surface area (Å²) in [4.78, 5) is 13.9. The molecule has 0 aliphatic heterocycles. The fourth-order valence-corrected chi connectivity index (χ4v) is 1.95. The van der Waals surface area contributed by atoms with Gasteiger partial charge in [0.25, 0.3) is 5.91 Å². The molecule has 1 rings (SSSR count). The van der Waals surface area contributed by atoms with Gasteiger partial charge in [-0.1, -0.05) is 11.6 Å². The van der Waals surface area contributed by atoms with Crippen molar-refractivity contribution in [2.24, 2.45) is 5.84 Å². The fraction of sp³-hybridized carbons (Fsp3) is 0.417. The first-order chi connectivity index (χ1) is 8.10. The predicted molar refractivity (Wildman–Crippen MR) is 74.3 cm³/mol. The highest BCUT2D eigenvalue weighted by Crippen LogP contribution is 2.18. The maximum Gasteiger partial charge on any atom is 0.255 e. The van der Waals surface area contributed by atoms with Crippen LogP contribution in [0, 0.1) is 6.92 Å². The first-order valence-corrected chi connectivity index (χ1v) is 6.81. The number of hydrogen-bond donors (Lipinski definition) is 2. The Morgan fingerprint density at radius 2 is 2.24 bits per heavy atom. The lowest BCUT2D eigenvalue weighted by atomic mass is 10.1. The number of hydrogen-bond acceptors (Lipinski definition) is 4. The third-order valence-electron chi connectivity index (χ3n) is 2.54. The Kier molecular flexibility index (Phi) is 5.31. The molecule has 0 saturated carbocycles. The Bertz CT molecular complexity index is 395. The molecule has 3 N–H and O–H groups in total. The molecule has 0 spiro atoms. The molecule has 1 aromatic rings. The van der Waals surface area contributed by atoms with E-state index in [2.05, 4.69) is 5.43 Å². The molecule has 0 atom stereocenters. The molecular weight excluding hydrogens is 234 g/mol. The summed E-state index contributed by atoms with van der Waals surface area (Å²) in [5.74, 6) is 6.34. The normalized spacial score (nSPS) is 10.1. The van der Waals surface area contributed by atoms with Gasteiger partial charge >= 0.3 is 0 Å². The number of carbonyl (C=O) groups is 1. The van der Waals surface area contributed by atoms with Crippen LogP contribution in [0.5, 0.6) is 0 Å². The summed E-state index contributed by atoms with van der Waals surface area (Å²) in [5.41, 5.74) is 4.89. The van der Waals surface area contributed by atoms with Crippen molar-refractivity contribution in [3.05, 3.63) is 29.3 Å². The van der Waals surface area contributed by atoms with Crippen LogP contribution in [-0.4, -0.2) is 36.4 Å². The molecule has 1 amide bonds. The maximum absolute atomic E-state index is 12.2. The number of carbonyl (C=O) groups excluding carboxylic acids is 1. The van der Waals surface area contributed by atoms with Crippen molar-refractivity contribution >= 4 is 23.4 Å². The highest BCUT2D eigenvalue weighted by molar-refractivity contribution is 7.98. The lowest BCUT2D eigenvalue weighted by molar-refractivity contribution is 0.0804. The Balaban J connectivity index is 2.90. The molecule has 17 heavy (non-hydrogen) atoms. The molecule has 0 saturated heterocycles. The molecule has 0 bridgehead atoms. The van der Waals surface area contributed by atoms with Crippen LogP contribution in [0.15, 0.2) is 18.2 Å². The summed E-state index contributed by atoms with van der Waals surface area (Å²) < 4.78 is 0. The number of nitrogens with zero attached hydrogens (tertiary/aromatic N) is 1. The molecule has 4 nitrogen and oxygen atoms in total. The number of thioether (sulfide) groups is 1. The van der Waals surface area contributed by atoms with Crippen LogP contribution in [0.4, 0.5) is 5.69 Å². The number of nitrogens with one attached hydrogen (secondary N) is 1. The highest BCUT2D eigenvalue weighted by Gasteiger charge is 2.15.